The van der Waals surface area contributed by atoms with Gasteiger partial charge in [-0.05, 0) is 13.0 Å². The van der Waals surface area contributed by atoms with Crippen LogP contribution in [0.25, 0.3) is 0 Å². The summed E-state index contributed by atoms with van der Waals surface area (Å²) in [5.41, 5.74) is 0. The highest BCUT2D eigenvalue weighted by Crippen LogP contribution is 1.83. The van der Waals surface area contributed by atoms with Crippen LogP contribution in [0.2, 0.25) is 0 Å². The van der Waals surface area contributed by atoms with Gasteiger partial charge in [-0.1, -0.05) is 0 Å². The molecule has 0 aromatic carbocycles. The number of carbonyl (C=O) groups is 2. The maximum atomic E-state index is 9.53. The molecule has 0 radical (unpaired) electrons. The van der Waals surface area contributed by atoms with Gasteiger partial charge in [0.05, 0.1) is 33.7 Å². The molecule has 0 unspecified atom stereocenters. The lowest BCUT2D eigenvalue weighted by Crippen LogP contribution is -2.33. The first-order chi connectivity index (χ1) is 6.19. The Morgan fingerprint density at radius 1 is 1.29 bits per heavy atom. The number of carboxylic acids is 2. The fraction of sp³-hybridized carbons (Fsp3) is 0.556. The molecule has 0 spiro atoms. The molecule has 0 rings (SSSR count). The zero-order valence-electron chi connectivity index (χ0n) is 8.98. The van der Waals surface area contributed by atoms with Gasteiger partial charge in [0.25, 0.3) is 0 Å². The van der Waals surface area contributed by atoms with E-state index in [1.807, 2.05) is 0 Å². The molecule has 0 aliphatic rings. The number of quaternary nitrogens is 1. The number of rotatable bonds is 3. The van der Waals surface area contributed by atoms with Gasteiger partial charge >= 0.3 is 5.97 Å². The van der Waals surface area contributed by atoms with Crippen molar-refractivity contribution >= 4 is 11.9 Å². The number of hydrogen-bond acceptors (Lipinski definition) is 3. The monoisotopic (exact) mass is 203 g/mol. The van der Waals surface area contributed by atoms with Crippen molar-refractivity contribution < 1.29 is 24.3 Å². The Morgan fingerprint density at radius 3 is 1.71 bits per heavy atom. The molecule has 0 fully saturated rings. The van der Waals surface area contributed by atoms with Crippen LogP contribution in [0.4, 0.5) is 0 Å². The molecule has 0 aliphatic heterocycles. The number of carboxylic acid groups (broad SMARTS) is 2. The van der Waals surface area contributed by atoms with Crippen molar-refractivity contribution in [2.24, 2.45) is 0 Å². The van der Waals surface area contributed by atoms with Crippen molar-refractivity contribution in [3.8, 4) is 0 Å². The Kier molecular flexibility index (Phi) is 7.65. The van der Waals surface area contributed by atoms with Gasteiger partial charge in [0.15, 0.2) is 0 Å². The third-order valence-electron chi connectivity index (χ3n) is 1.31. The number of carbonyl (C=O) groups excluding carboxylic acids is 1. The molecule has 82 valence electrons. The standard InChI is InChI=1S/C5H14N.C4H4O4/c1-5-6(2,3)4;5-3(6)1-2-4(7)8/h5H2,1-4H3;1-2H,(H,5,6)(H,7,8)/q+1;/p-1/b;2-1-. The van der Waals surface area contributed by atoms with E-state index in [0.717, 1.165) is 4.48 Å². The van der Waals surface area contributed by atoms with Crippen LogP contribution in [0.1, 0.15) is 6.92 Å². The summed E-state index contributed by atoms with van der Waals surface area (Å²) in [6, 6.07) is 0. The summed E-state index contributed by atoms with van der Waals surface area (Å²) in [7, 11) is 6.54. The Balaban J connectivity index is 0. The number of nitrogens with zero attached hydrogens (tertiary/aromatic N) is 1. The maximum absolute atomic E-state index is 9.53. The highest BCUT2D eigenvalue weighted by atomic mass is 16.4. The molecule has 0 saturated heterocycles. The molecule has 0 aromatic rings. The van der Waals surface area contributed by atoms with Gasteiger partial charge in [0, 0.05) is 6.08 Å². The molecule has 0 atom stereocenters. The topological polar surface area (TPSA) is 77.4 Å². The first-order valence-electron chi connectivity index (χ1n) is 4.11. The smallest absolute Gasteiger partial charge is 0.328 e. The van der Waals surface area contributed by atoms with Gasteiger partial charge in [-0.15, -0.1) is 0 Å². The molecule has 0 aliphatic carbocycles. The largest absolute Gasteiger partial charge is 0.545 e. The summed E-state index contributed by atoms with van der Waals surface area (Å²) in [6.45, 7) is 3.39. The average Bonchev–Trinajstić information content (AvgIpc) is 2.01. The van der Waals surface area contributed by atoms with Crippen LogP contribution in [-0.4, -0.2) is 49.2 Å². The molecule has 0 amide bonds. The molecule has 0 bridgehead atoms. The van der Waals surface area contributed by atoms with E-state index in [2.05, 4.69) is 28.1 Å². The zero-order valence-corrected chi connectivity index (χ0v) is 8.98. The minimum absolute atomic E-state index is 0.447. The van der Waals surface area contributed by atoms with Crippen LogP contribution in [0, 0.1) is 0 Å². The van der Waals surface area contributed by atoms with Crippen molar-refractivity contribution in [2.75, 3.05) is 27.7 Å². The van der Waals surface area contributed by atoms with E-state index in [0.29, 0.717) is 12.2 Å². The second kappa shape index (κ2) is 7.08. The SMILES string of the molecule is CC[N+](C)(C)C.O=C([O-])/C=C\C(=O)O. The third kappa shape index (κ3) is 22.4. The normalized spacial score (nSPS) is 10.6. The first kappa shape index (κ1) is 15.1. The van der Waals surface area contributed by atoms with Crippen LogP contribution in [-0.2, 0) is 9.59 Å². The molecular weight excluding hydrogens is 186 g/mol. The molecular formula is C9H17NO4. The maximum Gasteiger partial charge on any atom is 0.328 e. The molecule has 5 nitrogen and oxygen atoms in total. The lowest BCUT2D eigenvalue weighted by Gasteiger charge is -2.20. The highest BCUT2D eigenvalue weighted by molar-refractivity contribution is 5.88. The molecule has 5 heteroatoms. The van der Waals surface area contributed by atoms with E-state index in [1.165, 1.54) is 6.54 Å². The van der Waals surface area contributed by atoms with Crippen molar-refractivity contribution in [3.05, 3.63) is 12.2 Å². The van der Waals surface area contributed by atoms with Crippen LogP contribution in [0.15, 0.2) is 12.2 Å². The molecule has 14 heavy (non-hydrogen) atoms. The van der Waals surface area contributed by atoms with Crippen molar-refractivity contribution in [1.29, 1.82) is 0 Å². The minimum atomic E-state index is -1.51. The minimum Gasteiger partial charge on any atom is -0.545 e. The Morgan fingerprint density at radius 2 is 1.64 bits per heavy atom. The predicted octanol–water partition coefficient (Wildman–Crippen LogP) is -0.910. The summed E-state index contributed by atoms with van der Waals surface area (Å²) in [5, 5.41) is 17.2. The second-order valence-electron chi connectivity index (χ2n) is 3.60. The summed E-state index contributed by atoms with van der Waals surface area (Å²) >= 11 is 0. The van der Waals surface area contributed by atoms with Gasteiger partial charge < -0.3 is 19.5 Å². The van der Waals surface area contributed by atoms with Crippen LogP contribution in [0.3, 0.4) is 0 Å². The highest BCUT2D eigenvalue weighted by Gasteiger charge is 1.97. The van der Waals surface area contributed by atoms with E-state index in [-0.39, 0.29) is 0 Å². The van der Waals surface area contributed by atoms with E-state index in [4.69, 9.17) is 5.11 Å². The predicted molar refractivity (Wildman–Crippen MR) is 50.4 cm³/mol. The van der Waals surface area contributed by atoms with Crippen LogP contribution in [0.5, 0.6) is 0 Å². The van der Waals surface area contributed by atoms with Gasteiger partial charge in [0.1, 0.15) is 0 Å². The number of aliphatic carboxylic acids is 2. The van der Waals surface area contributed by atoms with Crippen LogP contribution >= 0.6 is 0 Å². The van der Waals surface area contributed by atoms with E-state index in [9.17, 15) is 14.7 Å². The second-order valence-corrected chi connectivity index (χ2v) is 3.60. The molecule has 0 saturated carbocycles. The van der Waals surface area contributed by atoms with Gasteiger partial charge in [-0.25, -0.2) is 4.79 Å². The summed E-state index contributed by atoms with van der Waals surface area (Å²) in [4.78, 5) is 19.0. The molecule has 1 N–H and O–H groups in total. The third-order valence-corrected chi connectivity index (χ3v) is 1.31. The van der Waals surface area contributed by atoms with E-state index < -0.39 is 11.9 Å². The Bertz CT molecular complexity index is 199. The lowest BCUT2D eigenvalue weighted by molar-refractivity contribution is -0.868. The van der Waals surface area contributed by atoms with E-state index in [1.54, 1.807) is 0 Å². The number of hydrogen-bond donors (Lipinski definition) is 1. The summed E-state index contributed by atoms with van der Waals surface area (Å²) in [6.07, 6.45) is 0.942. The zero-order chi connectivity index (χ0) is 11.8. The Labute approximate surface area is 83.9 Å². The van der Waals surface area contributed by atoms with Crippen molar-refractivity contribution in [1.82, 2.24) is 0 Å². The van der Waals surface area contributed by atoms with Gasteiger partial charge in [-0.3, -0.25) is 0 Å². The van der Waals surface area contributed by atoms with Crippen molar-refractivity contribution in [2.45, 2.75) is 6.92 Å². The first-order valence-corrected chi connectivity index (χ1v) is 4.11. The lowest BCUT2D eigenvalue weighted by atomic mass is 10.5. The summed E-state index contributed by atoms with van der Waals surface area (Å²) in [5.74, 6) is -2.80. The van der Waals surface area contributed by atoms with Gasteiger partial charge in [0.2, 0.25) is 0 Å². The van der Waals surface area contributed by atoms with E-state index >= 15 is 0 Å². The van der Waals surface area contributed by atoms with Gasteiger partial charge in [-0.2, -0.15) is 0 Å². The molecule has 0 heterocycles. The average molecular weight is 203 g/mol. The fourth-order valence-corrected chi connectivity index (χ4v) is 0.139. The summed E-state index contributed by atoms with van der Waals surface area (Å²) < 4.78 is 1.07. The fourth-order valence-electron chi connectivity index (χ4n) is 0.139. The quantitative estimate of drug-likeness (QED) is 0.476. The molecule has 0 aromatic heterocycles. The van der Waals surface area contributed by atoms with Crippen LogP contribution < -0.4 is 5.11 Å². The Hall–Kier alpha value is -1.36. The van der Waals surface area contributed by atoms with Crippen molar-refractivity contribution in [3.63, 3.8) is 0 Å².